The van der Waals surface area contributed by atoms with E-state index in [4.69, 9.17) is 4.74 Å². The fourth-order valence-electron chi connectivity index (χ4n) is 6.88. The van der Waals surface area contributed by atoms with Crippen LogP contribution in [-0.2, 0) is 19.1 Å². The Labute approximate surface area is 223 Å². The van der Waals surface area contributed by atoms with Crippen LogP contribution in [0.2, 0.25) is 0 Å². The molecule has 3 amide bonds. The summed E-state index contributed by atoms with van der Waals surface area (Å²) in [5, 5.41) is 15.3. The molecule has 3 heterocycles. The average Bonchev–Trinajstić information content (AvgIpc) is 3.45. The average molecular weight is 520 g/mol. The first-order valence-electron chi connectivity index (χ1n) is 13.6. The molecule has 3 aliphatic rings. The second-order valence-electron chi connectivity index (χ2n) is 11.2. The Morgan fingerprint density at radius 1 is 0.974 bits per heavy atom. The van der Waals surface area contributed by atoms with E-state index in [0.29, 0.717) is 37.9 Å². The second kappa shape index (κ2) is 10.2. The van der Waals surface area contributed by atoms with Crippen LogP contribution in [0.1, 0.15) is 50.2 Å². The van der Waals surface area contributed by atoms with Gasteiger partial charge in [0.15, 0.2) is 0 Å². The van der Waals surface area contributed by atoms with Crippen molar-refractivity contribution in [3.63, 3.8) is 0 Å². The molecular formula is C30H37N3O5. The zero-order valence-electron chi connectivity index (χ0n) is 22.3. The number of rotatable bonds is 9. The third-order valence-corrected chi connectivity index (χ3v) is 8.64. The van der Waals surface area contributed by atoms with Crippen molar-refractivity contribution in [3.8, 4) is 0 Å². The van der Waals surface area contributed by atoms with E-state index in [-0.39, 0.29) is 24.3 Å². The Bertz CT molecular complexity index is 1210. The quantitative estimate of drug-likeness (QED) is 0.437. The first-order valence-corrected chi connectivity index (χ1v) is 13.6. The summed E-state index contributed by atoms with van der Waals surface area (Å²) in [5.41, 5.74) is 1.38. The van der Waals surface area contributed by atoms with Crippen molar-refractivity contribution < 1.29 is 24.2 Å². The number of benzene rings is 2. The maximum absolute atomic E-state index is 14.1. The van der Waals surface area contributed by atoms with Crippen molar-refractivity contribution in [2.24, 2.45) is 11.8 Å². The fraction of sp³-hybridized carbons (Fsp3) is 0.500. The largest absolute Gasteiger partial charge is 0.396 e. The number of para-hydroxylation sites is 2. The predicted molar refractivity (Wildman–Crippen MR) is 144 cm³/mol. The van der Waals surface area contributed by atoms with Gasteiger partial charge in [0.2, 0.25) is 17.7 Å². The molecule has 2 aromatic rings. The van der Waals surface area contributed by atoms with E-state index in [2.05, 4.69) is 10.6 Å². The van der Waals surface area contributed by atoms with Crippen molar-refractivity contribution in [3.05, 3.63) is 59.7 Å². The maximum Gasteiger partial charge on any atom is 0.250 e. The Balaban J connectivity index is 1.49. The Hall–Kier alpha value is -3.23. The number of anilines is 2. The molecule has 5 rings (SSSR count). The minimum Gasteiger partial charge on any atom is -0.396 e. The summed E-state index contributed by atoms with van der Waals surface area (Å²) < 4.78 is 6.68. The van der Waals surface area contributed by atoms with Crippen LogP contribution >= 0.6 is 0 Å². The lowest BCUT2D eigenvalue weighted by molar-refractivity contribution is -0.143. The number of nitrogens with one attached hydrogen (secondary N) is 2. The van der Waals surface area contributed by atoms with Crippen molar-refractivity contribution in [1.82, 2.24) is 4.90 Å². The molecule has 2 aromatic carbocycles. The number of hydrogen-bond acceptors (Lipinski definition) is 5. The van der Waals surface area contributed by atoms with E-state index in [1.807, 2.05) is 69.3 Å². The number of ether oxygens (including phenoxy) is 1. The van der Waals surface area contributed by atoms with Crippen LogP contribution in [0.15, 0.2) is 48.5 Å². The molecule has 0 aromatic heterocycles. The minimum atomic E-state index is -1.07. The van der Waals surface area contributed by atoms with E-state index >= 15 is 0 Å². The molecule has 3 N–H and O–H groups in total. The van der Waals surface area contributed by atoms with E-state index in [1.165, 1.54) is 0 Å². The molecule has 0 aliphatic carbocycles. The lowest BCUT2D eigenvalue weighted by Crippen LogP contribution is -2.53. The Morgan fingerprint density at radius 3 is 2.37 bits per heavy atom. The van der Waals surface area contributed by atoms with E-state index in [0.717, 1.165) is 23.2 Å². The molecular weight excluding hydrogens is 482 g/mol. The fourth-order valence-corrected chi connectivity index (χ4v) is 6.88. The highest BCUT2D eigenvalue weighted by Crippen LogP contribution is 2.63. The number of aliphatic hydroxyl groups is 1. The normalized spacial score (nSPS) is 29.4. The smallest absolute Gasteiger partial charge is 0.250 e. The van der Waals surface area contributed by atoms with Gasteiger partial charge in [0.25, 0.3) is 0 Å². The highest BCUT2D eigenvalue weighted by Gasteiger charge is 2.77. The van der Waals surface area contributed by atoms with Crippen LogP contribution < -0.4 is 10.6 Å². The van der Waals surface area contributed by atoms with Crippen molar-refractivity contribution in [2.75, 3.05) is 23.8 Å². The van der Waals surface area contributed by atoms with Crippen molar-refractivity contribution in [1.29, 1.82) is 0 Å². The van der Waals surface area contributed by atoms with Gasteiger partial charge in [-0.3, -0.25) is 14.4 Å². The first kappa shape index (κ1) is 26.4. The number of likely N-dealkylation sites (tertiary alicyclic amines) is 1. The van der Waals surface area contributed by atoms with Gasteiger partial charge in [0.1, 0.15) is 11.6 Å². The van der Waals surface area contributed by atoms with Crippen molar-refractivity contribution >= 4 is 29.1 Å². The Morgan fingerprint density at radius 2 is 1.68 bits per heavy atom. The minimum absolute atomic E-state index is 0.0835. The number of nitrogens with zero attached hydrogens (tertiary/aromatic N) is 1. The molecule has 0 saturated carbocycles. The molecule has 3 aliphatic heterocycles. The van der Waals surface area contributed by atoms with Gasteiger partial charge in [0.05, 0.1) is 17.4 Å². The third-order valence-electron chi connectivity index (χ3n) is 8.64. The van der Waals surface area contributed by atoms with Gasteiger partial charge < -0.3 is 25.4 Å². The highest BCUT2D eigenvalue weighted by atomic mass is 16.5. The molecule has 2 bridgehead atoms. The molecule has 0 radical (unpaired) electrons. The number of carbonyl (C=O) groups is 3. The van der Waals surface area contributed by atoms with Gasteiger partial charge in [-0.2, -0.15) is 0 Å². The summed E-state index contributed by atoms with van der Waals surface area (Å²) in [7, 11) is 0. The number of amides is 3. The predicted octanol–water partition coefficient (Wildman–Crippen LogP) is 3.81. The number of aliphatic hydroxyl groups excluding tert-OH is 1. The van der Waals surface area contributed by atoms with E-state index in [9.17, 15) is 19.5 Å². The summed E-state index contributed by atoms with van der Waals surface area (Å²) >= 11 is 0. The van der Waals surface area contributed by atoms with E-state index in [1.54, 1.807) is 4.90 Å². The zero-order valence-corrected chi connectivity index (χ0v) is 22.3. The lowest BCUT2D eigenvalue weighted by Gasteiger charge is -2.33. The maximum atomic E-state index is 14.1. The molecule has 5 atom stereocenters. The van der Waals surface area contributed by atoms with Gasteiger partial charge in [-0.15, -0.1) is 0 Å². The summed E-state index contributed by atoms with van der Waals surface area (Å²) in [4.78, 5) is 43.4. The van der Waals surface area contributed by atoms with Crippen molar-refractivity contribution in [2.45, 2.75) is 70.1 Å². The third kappa shape index (κ3) is 4.29. The van der Waals surface area contributed by atoms with Gasteiger partial charge in [-0.05, 0) is 76.1 Å². The number of carbonyl (C=O) groups excluding carboxylic acids is 3. The van der Waals surface area contributed by atoms with Crippen LogP contribution in [0.5, 0.6) is 0 Å². The van der Waals surface area contributed by atoms with E-state index < -0.39 is 29.1 Å². The van der Waals surface area contributed by atoms with Crippen LogP contribution in [-0.4, -0.2) is 58.1 Å². The first-order chi connectivity index (χ1) is 18.2. The van der Waals surface area contributed by atoms with Gasteiger partial charge in [0, 0.05) is 24.5 Å². The summed E-state index contributed by atoms with van der Waals surface area (Å²) in [6, 6.07) is 14.2. The molecule has 2 unspecified atom stereocenters. The zero-order chi connectivity index (χ0) is 27.1. The topological polar surface area (TPSA) is 108 Å². The Kier molecular flexibility index (Phi) is 7.05. The number of fused-ring (bicyclic) bond motifs is 1. The molecule has 8 nitrogen and oxygen atoms in total. The monoisotopic (exact) mass is 519 g/mol. The standard InChI is InChI=1S/C30H37N3O5/c1-19-11-10-12-20(2)24(19)32-27(36)25-30-16-15-29(3,38-30)22(26(35)31-21-13-6-4-7-14-21)23(30)28(37)33(25)17-8-5-9-18-34/h4,6-7,10-14,22-23,25,34H,5,8-9,15-18H2,1-3H3,(H,31,35)(H,32,36)/t22-,23-,25?,29+,30?/m0/s1. The lowest BCUT2D eigenvalue weighted by atomic mass is 9.66. The van der Waals surface area contributed by atoms with Gasteiger partial charge in [-0.25, -0.2) is 0 Å². The molecule has 1 spiro atoms. The SMILES string of the molecule is Cc1cccc(C)c1NC(=O)C1N(CCCCCO)C(=O)[C@@H]2[C@@H](C(=O)Nc3ccccc3)[C@@]3(C)CCC12O3. The number of hydrogen-bond donors (Lipinski definition) is 3. The van der Waals surface area contributed by atoms with Gasteiger partial charge in [-0.1, -0.05) is 36.4 Å². The molecule has 3 fully saturated rings. The molecule has 8 heteroatoms. The van der Waals surface area contributed by atoms with Crippen LogP contribution in [0.3, 0.4) is 0 Å². The van der Waals surface area contributed by atoms with Crippen LogP contribution in [0.4, 0.5) is 11.4 Å². The summed E-state index contributed by atoms with van der Waals surface area (Å²) in [6.07, 6.45) is 3.15. The molecule has 38 heavy (non-hydrogen) atoms. The van der Waals surface area contributed by atoms with Crippen LogP contribution in [0.25, 0.3) is 0 Å². The molecule has 202 valence electrons. The molecule has 3 saturated heterocycles. The number of unbranched alkanes of at least 4 members (excludes halogenated alkanes) is 2. The summed E-state index contributed by atoms with van der Waals surface area (Å²) in [6.45, 7) is 6.24. The van der Waals surface area contributed by atoms with Gasteiger partial charge >= 0.3 is 0 Å². The van der Waals surface area contributed by atoms with Crippen LogP contribution in [0, 0.1) is 25.7 Å². The second-order valence-corrected chi connectivity index (χ2v) is 11.2. The highest BCUT2D eigenvalue weighted by molar-refractivity contribution is 6.05. The number of aryl methyl sites for hydroxylation is 2. The summed E-state index contributed by atoms with van der Waals surface area (Å²) in [5.74, 6) is -2.19.